The first-order valence-electron chi connectivity index (χ1n) is 7.15. The van der Waals surface area contributed by atoms with Crippen LogP contribution in [-0.4, -0.2) is 41.2 Å². The van der Waals surface area contributed by atoms with Crippen molar-refractivity contribution in [2.24, 2.45) is 0 Å². The largest absolute Gasteiger partial charge is 0.379 e. The molecule has 0 saturated carbocycles. The van der Waals surface area contributed by atoms with Crippen LogP contribution in [0.1, 0.15) is 31.7 Å². The van der Waals surface area contributed by atoms with Gasteiger partial charge in [-0.05, 0) is 27.2 Å². The Bertz CT molecular complexity index is 456. The van der Waals surface area contributed by atoms with E-state index in [0.717, 1.165) is 17.9 Å². The van der Waals surface area contributed by atoms with Crippen LogP contribution in [0.25, 0.3) is 0 Å². The highest BCUT2D eigenvalue weighted by molar-refractivity contribution is 6.31. The minimum atomic E-state index is -1.33. The van der Waals surface area contributed by atoms with E-state index in [1.54, 1.807) is 11.6 Å². The van der Waals surface area contributed by atoms with E-state index in [2.05, 4.69) is 10.4 Å². The Hall–Kier alpha value is -0.650. The number of morpholine rings is 1. The molecule has 0 amide bonds. The molecule has 1 N–H and O–H groups in total. The second-order valence-electron chi connectivity index (χ2n) is 5.68. The summed E-state index contributed by atoms with van der Waals surface area (Å²) in [6.45, 7) is 8.22. The van der Waals surface area contributed by atoms with Crippen LogP contribution in [0, 0.1) is 6.92 Å². The van der Waals surface area contributed by atoms with Crippen molar-refractivity contribution < 1.29 is 9.13 Å². The van der Waals surface area contributed by atoms with Gasteiger partial charge in [0.2, 0.25) is 0 Å². The molecule has 1 aliphatic rings. The number of halogens is 2. The highest BCUT2D eigenvalue weighted by atomic mass is 35.5. The van der Waals surface area contributed by atoms with E-state index in [0.29, 0.717) is 31.2 Å². The van der Waals surface area contributed by atoms with E-state index >= 15 is 0 Å². The van der Waals surface area contributed by atoms with Gasteiger partial charge in [0.1, 0.15) is 5.67 Å². The van der Waals surface area contributed by atoms with Crippen molar-refractivity contribution >= 4 is 11.6 Å². The van der Waals surface area contributed by atoms with E-state index < -0.39 is 5.67 Å². The lowest BCUT2D eigenvalue weighted by atomic mass is 9.93. The zero-order valence-corrected chi connectivity index (χ0v) is 13.1. The molecule has 1 aromatic rings. The van der Waals surface area contributed by atoms with Crippen LogP contribution in [0.5, 0.6) is 0 Å². The molecule has 0 aromatic carbocycles. The molecular weight excluding hydrogens is 281 g/mol. The van der Waals surface area contributed by atoms with Gasteiger partial charge in [-0.15, -0.1) is 0 Å². The van der Waals surface area contributed by atoms with Crippen molar-refractivity contribution in [2.45, 2.75) is 51.9 Å². The number of rotatable bonds is 5. The summed E-state index contributed by atoms with van der Waals surface area (Å²) < 4.78 is 22.0. The molecule has 0 aliphatic carbocycles. The molecule has 1 aromatic heterocycles. The molecule has 0 radical (unpaired) electrons. The summed E-state index contributed by atoms with van der Waals surface area (Å²) in [5.74, 6) is 0. The summed E-state index contributed by atoms with van der Waals surface area (Å²) in [4.78, 5) is 0. The highest BCUT2D eigenvalue weighted by Crippen LogP contribution is 2.29. The van der Waals surface area contributed by atoms with Gasteiger partial charge in [0.15, 0.2) is 0 Å². The molecule has 2 rings (SSSR count). The van der Waals surface area contributed by atoms with E-state index in [4.69, 9.17) is 16.3 Å². The van der Waals surface area contributed by atoms with Gasteiger partial charge in [0.25, 0.3) is 0 Å². The molecule has 20 heavy (non-hydrogen) atoms. The number of hydrogen-bond donors (Lipinski definition) is 1. The standard InChI is InChI=1S/C14H23ClFN3O/c1-4-19-12(13(15)10(2)18-19)8-14(3,16)7-11-9-20-6-5-17-11/h11,17H,4-9H2,1-3H3. The summed E-state index contributed by atoms with van der Waals surface area (Å²) >= 11 is 6.25. The summed E-state index contributed by atoms with van der Waals surface area (Å²) in [7, 11) is 0. The molecule has 0 spiro atoms. The molecular formula is C14H23ClFN3O. The average molecular weight is 304 g/mol. The van der Waals surface area contributed by atoms with E-state index in [1.807, 2.05) is 13.8 Å². The number of aryl methyl sites for hydroxylation is 2. The van der Waals surface area contributed by atoms with Gasteiger partial charge in [-0.1, -0.05) is 11.6 Å². The van der Waals surface area contributed by atoms with Crippen LogP contribution >= 0.6 is 11.6 Å². The van der Waals surface area contributed by atoms with Crippen LogP contribution in [0.4, 0.5) is 4.39 Å². The SMILES string of the molecule is CCn1nc(C)c(Cl)c1CC(C)(F)CC1COCCN1. The predicted octanol–water partition coefficient (Wildman–Crippen LogP) is 2.51. The number of alkyl halides is 1. The average Bonchev–Trinajstić information content (AvgIpc) is 2.66. The summed E-state index contributed by atoms with van der Waals surface area (Å²) in [5.41, 5.74) is 0.216. The van der Waals surface area contributed by atoms with Gasteiger partial charge in [-0.25, -0.2) is 4.39 Å². The molecule has 2 unspecified atom stereocenters. The van der Waals surface area contributed by atoms with Crippen molar-refractivity contribution in [3.05, 3.63) is 16.4 Å². The lowest BCUT2D eigenvalue weighted by Gasteiger charge is -2.30. The van der Waals surface area contributed by atoms with Crippen molar-refractivity contribution in [1.29, 1.82) is 0 Å². The maximum Gasteiger partial charge on any atom is 0.115 e. The van der Waals surface area contributed by atoms with Gasteiger partial charge < -0.3 is 10.1 Å². The molecule has 0 bridgehead atoms. The second kappa shape index (κ2) is 6.41. The Morgan fingerprint density at radius 1 is 1.60 bits per heavy atom. The molecule has 1 fully saturated rings. The maximum absolute atomic E-state index is 14.9. The van der Waals surface area contributed by atoms with Crippen LogP contribution in [0.3, 0.4) is 0 Å². The number of nitrogens with one attached hydrogen (secondary N) is 1. The zero-order valence-electron chi connectivity index (χ0n) is 12.4. The third kappa shape index (κ3) is 3.71. The van der Waals surface area contributed by atoms with Crippen molar-refractivity contribution in [3.8, 4) is 0 Å². The lowest BCUT2D eigenvalue weighted by Crippen LogP contribution is -2.45. The zero-order chi connectivity index (χ0) is 14.8. The minimum Gasteiger partial charge on any atom is -0.379 e. The first kappa shape index (κ1) is 15.7. The quantitative estimate of drug-likeness (QED) is 0.908. The summed E-state index contributed by atoms with van der Waals surface area (Å²) in [6, 6.07) is 0.0663. The Balaban J connectivity index is 2.07. The number of hydrogen-bond acceptors (Lipinski definition) is 3. The van der Waals surface area contributed by atoms with E-state index in [1.165, 1.54) is 0 Å². The van der Waals surface area contributed by atoms with Crippen LogP contribution in [-0.2, 0) is 17.7 Å². The van der Waals surface area contributed by atoms with E-state index in [9.17, 15) is 4.39 Å². The molecule has 2 atom stereocenters. The molecule has 6 heteroatoms. The number of nitrogens with zero attached hydrogens (tertiary/aromatic N) is 2. The van der Waals surface area contributed by atoms with Gasteiger partial charge >= 0.3 is 0 Å². The van der Waals surface area contributed by atoms with Crippen LogP contribution in [0.15, 0.2) is 0 Å². The normalized spacial score (nSPS) is 22.8. The van der Waals surface area contributed by atoms with Crippen molar-refractivity contribution in [3.63, 3.8) is 0 Å². The molecule has 4 nitrogen and oxygen atoms in total. The van der Waals surface area contributed by atoms with Crippen LogP contribution in [0.2, 0.25) is 5.02 Å². The molecule has 1 saturated heterocycles. The third-order valence-corrected chi connectivity index (χ3v) is 4.15. The fraction of sp³-hybridized carbons (Fsp3) is 0.786. The van der Waals surface area contributed by atoms with E-state index in [-0.39, 0.29) is 12.5 Å². The first-order chi connectivity index (χ1) is 9.43. The van der Waals surface area contributed by atoms with Gasteiger partial charge in [-0.2, -0.15) is 5.10 Å². The summed E-state index contributed by atoms with van der Waals surface area (Å²) in [5, 5.41) is 8.21. The Morgan fingerprint density at radius 3 is 2.95 bits per heavy atom. The number of ether oxygens (including phenoxy) is 1. The fourth-order valence-electron chi connectivity index (χ4n) is 2.72. The van der Waals surface area contributed by atoms with Crippen molar-refractivity contribution in [2.75, 3.05) is 19.8 Å². The van der Waals surface area contributed by atoms with Crippen LogP contribution < -0.4 is 5.32 Å². The number of aromatic nitrogens is 2. The third-order valence-electron chi connectivity index (χ3n) is 3.66. The van der Waals surface area contributed by atoms with Gasteiger partial charge in [-0.3, -0.25) is 4.68 Å². The second-order valence-corrected chi connectivity index (χ2v) is 6.06. The van der Waals surface area contributed by atoms with Crippen molar-refractivity contribution in [1.82, 2.24) is 15.1 Å². The molecule has 2 heterocycles. The Labute approximate surface area is 124 Å². The summed E-state index contributed by atoms with van der Waals surface area (Å²) in [6.07, 6.45) is 0.690. The van der Waals surface area contributed by atoms with Gasteiger partial charge in [0.05, 0.1) is 29.6 Å². The molecule has 114 valence electrons. The molecule has 1 aliphatic heterocycles. The highest BCUT2D eigenvalue weighted by Gasteiger charge is 2.31. The fourth-order valence-corrected chi connectivity index (χ4v) is 2.93. The first-order valence-corrected chi connectivity index (χ1v) is 7.52. The lowest BCUT2D eigenvalue weighted by molar-refractivity contribution is 0.0478. The maximum atomic E-state index is 14.9. The Kier molecular flexibility index (Phi) is 5.04. The monoisotopic (exact) mass is 303 g/mol. The predicted molar refractivity (Wildman–Crippen MR) is 78.1 cm³/mol. The Morgan fingerprint density at radius 2 is 2.35 bits per heavy atom. The minimum absolute atomic E-state index is 0.0663. The smallest absolute Gasteiger partial charge is 0.115 e. The topological polar surface area (TPSA) is 39.1 Å². The van der Waals surface area contributed by atoms with Gasteiger partial charge in [0, 0.05) is 25.6 Å².